The molecule has 1 aliphatic rings. The van der Waals surface area contributed by atoms with E-state index in [4.69, 9.17) is 9.47 Å². The van der Waals surface area contributed by atoms with Crippen molar-refractivity contribution in [2.24, 2.45) is 0 Å². The first-order valence-electron chi connectivity index (χ1n) is 11.0. The standard InChI is InChI=1S/C25H29N3O5/c1-5-27-17-21(24(30)32-6-2)23(29)20-16-19(9-10-22(20)27)8-7-11-26-12-14-28(15-13-26)25(31)33-18(3)4/h9-10,16-17H,3,5-6,11-15H2,1-2,4H3. The molecule has 3 rings (SSSR count). The van der Waals surface area contributed by atoms with Gasteiger partial charge in [-0.1, -0.05) is 18.4 Å². The highest BCUT2D eigenvalue weighted by Crippen LogP contribution is 2.15. The number of carbonyl (C=O) groups is 2. The third-order valence-corrected chi connectivity index (χ3v) is 5.34. The highest BCUT2D eigenvalue weighted by Gasteiger charge is 2.21. The van der Waals surface area contributed by atoms with Crippen molar-refractivity contribution in [3.8, 4) is 11.8 Å². The number of pyridine rings is 1. The molecule has 2 aromatic rings. The van der Waals surface area contributed by atoms with E-state index in [1.807, 2.05) is 23.6 Å². The van der Waals surface area contributed by atoms with Gasteiger partial charge < -0.3 is 18.9 Å². The van der Waals surface area contributed by atoms with Crippen molar-refractivity contribution in [2.75, 3.05) is 39.3 Å². The Balaban J connectivity index is 1.73. The zero-order valence-electron chi connectivity index (χ0n) is 19.3. The maximum Gasteiger partial charge on any atom is 0.414 e. The van der Waals surface area contributed by atoms with Crippen LogP contribution >= 0.6 is 0 Å². The molecule has 0 aliphatic carbocycles. The van der Waals surface area contributed by atoms with E-state index in [9.17, 15) is 14.4 Å². The second kappa shape index (κ2) is 10.8. The van der Waals surface area contributed by atoms with Gasteiger partial charge in [-0.3, -0.25) is 9.69 Å². The third-order valence-electron chi connectivity index (χ3n) is 5.34. The first-order chi connectivity index (χ1) is 15.8. The molecule has 1 fully saturated rings. The molecule has 1 aromatic carbocycles. The molecule has 0 bridgehead atoms. The van der Waals surface area contributed by atoms with E-state index < -0.39 is 5.97 Å². The lowest BCUT2D eigenvalue weighted by molar-refractivity contribution is 0.0524. The normalized spacial score (nSPS) is 13.8. The second-order valence-electron chi connectivity index (χ2n) is 7.75. The van der Waals surface area contributed by atoms with Crippen LogP contribution in [-0.2, 0) is 16.0 Å². The largest absolute Gasteiger partial charge is 0.462 e. The Hall–Kier alpha value is -3.57. The van der Waals surface area contributed by atoms with Crippen LogP contribution in [0.2, 0.25) is 0 Å². The van der Waals surface area contributed by atoms with Gasteiger partial charge in [0.25, 0.3) is 0 Å². The summed E-state index contributed by atoms with van der Waals surface area (Å²) in [5.74, 6) is 6.02. The lowest BCUT2D eigenvalue weighted by Crippen LogP contribution is -2.48. The van der Waals surface area contributed by atoms with Crippen LogP contribution < -0.4 is 5.43 Å². The Morgan fingerprint density at radius 1 is 1.15 bits per heavy atom. The molecule has 8 heteroatoms. The molecule has 0 N–H and O–H groups in total. The molecule has 1 saturated heterocycles. The predicted octanol–water partition coefficient (Wildman–Crippen LogP) is 2.84. The lowest BCUT2D eigenvalue weighted by atomic mass is 10.1. The molecular formula is C25H29N3O5. The zero-order valence-corrected chi connectivity index (χ0v) is 19.3. The molecule has 1 aromatic heterocycles. The number of esters is 1. The van der Waals surface area contributed by atoms with Crippen molar-refractivity contribution in [2.45, 2.75) is 27.3 Å². The van der Waals surface area contributed by atoms with E-state index in [1.54, 1.807) is 31.0 Å². The number of aromatic nitrogens is 1. The number of ether oxygens (including phenoxy) is 2. The van der Waals surface area contributed by atoms with Gasteiger partial charge in [-0.05, 0) is 39.0 Å². The number of aryl methyl sites for hydroxylation is 1. The number of fused-ring (bicyclic) bond motifs is 1. The van der Waals surface area contributed by atoms with Crippen LogP contribution in [0.3, 0.4) is 0 Å². The first kappa shape index (κ1) is 24.1. The van der Waals surface area contributed by atoms with Gasteiger partial charge in [0.2, 0.25) is 5.43 Å². The number of allylic oxidation sites excluding steroid dienone is 1. The van der Waals surface area contributed by atoms with Crippen molar-refractivity contribution in [1.82, 2.24) is 14.4 Å². The molecule has 2 heterocycles. The molecule has 8 nitrogen and oxygen atoms in total. The van der Waals surface area contributed by atoms with Crippen LogP contribution in [0.15, 0.2) is 41.5 Å². The third kappa shape index (κ3) is 5.82. The molecular weight excluding hydrogens is 422 g/mol. The number of amides is 1. The average molecular weight is 452 g/mol. The van der Waals surface area contributed by atoms with Gasteiger partial charge in [-0.2, -0.15) is 0 Å². The molecule has 33 heavy (non-hydrogen) atoms. The highest BCUT2D eigenvalue weighted by atomic mass is 16.6. The Morgan fingerprint density at radius 2 is 1.88 bits per heavy atom. The van der Waals surface area contributed by atoms with Gasteiger partial charge in [0.15, 0.2) is 0 Å². The van der Waals surface area contributed by atoms with Crippen LogP contribution in [0.4, 0.5) is 4.79 Å². The number of hydrogen-bond donors (Lipinski definition) is 0. The smallest absolute Gasteiger partial charge is 0.414 e. The van der Waals surface area contributed by atoms with Crippen molar-refractivity contribution < 1.29 is 19.1 Å². The van der Waals surface area contributed by atoms with Gasteiger partial charge in [0, 0.05) is 49.9 Å². The summed E-state index contributed by atoms with van der Waals surface area (Å²) >= 11 is 0. The summed E-state index contributed by atoms with van der Waals surface area (Å²) in [6.45, 7) is 12.8. The molecule has 0 radical (unpaired) electrons. The van der Waals surface area contributed by atoms with Gasteiger partial charge in [-0.25, -0.2) is 9.59 Å². The SMILES string of the molecule is C=C(C)OC(=O)N1CCN(CC#Cc2ccc3c(c2)c(=O)c(C(=O)OCC)cn3CC)CC1. The Morgan fingerprint density at radius 3 is 2.52 bits per heavy atom. The molecule has 0 saturated carbocycles. The summed E-state index contributed by atoms with van der Waals surface area (Å²) < 4.78 is 11.9. The van der Waals surface area contributed by atoms with E-state index >= 15 is 0 Å². The molecule has 1 amide bonds. The van der Waals surface area contributed by atoms with Gasteiger partial charge in [0.1, 0.15) is 5.56 Å². The first-order valence-corrected chi connectivity index (χ1v) is 11.0. The summed E-state index contributed by atoms with van der Waals surface area (Å²) in [6, 6.07) is 5.45. The number of benzene rings is 1. The predicted molar refractivity (Wildman–Crippen MR) is 126 cm³/mol. The van der Waals surface area contributed by atoms with Crippen molar-refractivity contribution >= 4 is 23.0 Å². The van der Waals surface area contributed by atoms with E-state index in [0.29, 0.717) is 56.0 Å². The van der Waals surface area contributed by atoms with Gasteiger partial charge in [0.05, 0.1) is 24.4 Å². The minimum atomic E-state index is -0.616. The van der Waals surface area contributed by atoms with E-state index in [0.717, 1.165) is 5.52 Å². The number of carbonyl (C=O) groups excluding carboxylic acids is 2. The summed E-state index contributed by atoms with van der Waals surface area (Å²) in [5.41, 5.74) is 1.12. The summed E-state index contributed by atoms with van der Waals surface area (Å²) in [5, 5.41) is 0.443. The maximum absolute atomic E-state index is 12.9. The molecule has 0 unspecified atom stereocenters. The quantitative estimate of drug-likeness (QED) is 0.395. The topological polar surface area (TPSA) is 81.1 Å². The Kier molecular flexibility index (Phi) is 7.91. The Bertz CT molecular complexity index is 1180. The van der Waals surface area contributed by atoms with Crippen LogP contribution in [0.1, 0.15) is 36.7 Å². The highest BCUT2D eigenvalue weighted by molar-refractivity contribution is 5.94. The van der Waals surface area contributed by atoms with Crippen LogP contribution in [0.5, 0.6) is 0 Å². The Labute approximate surface area is 193 Å². The summed E-state index contributed by atoms with van der Waals surface area (Å²) in [7, 11) is 0. The summed E-state index contributed by atoms with van der Waals surface area (Å²) in [6.07, 6.45) is 1.18. The number of hydrogen-bond acceptors (Lipinski definition) is 6. The zero-order chi connectivity index (χ0) is 24.0. The number of nitrogens with zero attached hydrogens (tertiary/aromatic N) is 3. The molecule has 174 valence electrons. The average Bonchev–Trinajstić information content (AvgIpc) is 2.79. The van der Waals surface area contributed by atoms with E-state index in [2.05, 4.69) is 23.3 Å². The minimum absolute atomic E-state index is 0.0272. The van der Waals surface area contributed by atoms with Crippen LogP contribution in [0.25, 0.3) is 10.9 Å². The molecule has 0 atom stereocenters. The fourth-order valence-electron chi connectivity index (χ4n) is 3.65. The molecule has 0 spiro atoms. The maximum atomic E-state index is 12.9. The lowest BCUT2D eigenvalue weighted by Gasteiger charge is -2.32. The molecule has 1 aliphatic heterocycles. The van der Waals surface area contributed by atoms with Crippen LogP contribution in [0, 0.1) is 11.8 Å². The van der Waals surface area contributed by atoms with Gasteiger partial charge >= 0.3 is 12.1 Å². The van der Waals surface area contributed by atoms with Crippen molar-refractivity contribution in [1.29, 1.82) is 0 Å². The van der Waals surface area contributed by atoms with Crippen molar-refractivity contribution in [3.05, 3.63) is 58.1 Å². The second-order valence-corrected chi connectivity index (χ2v) is 7.75. The monoisotopic (exact) mass is 451 g/mol. The van der Waals surface area contributed by atoms with Crippen molar-refractivity contribution in [3.63, 3.8) is 0 Å². The van der Waals surface area contributed by atoms with E-state index in [-0.39, 0.29) is 23.7 Å². The number of rotatable bonds is 5. The minimum Gasteiger partial charge on any atom is -0.462 e. The van der Waals surface area contributed by atoms with Gasteiger partial charge in [-0.15, -0.1) is 0 Å². The number of piperazine rings is 1. The van der Waals surface area contributed by atoms with E-state index in [1.165, 1.54) is 0 Å². The fourth-order valence-corrected chi connectivity index (χ4v) is 3.65. The fraction of sp³-hybridized carbons (Fsp3) is 0.400. The summed E-state index contributed by atoms with van der Waals surface area (Å²) in [4.78, 5) is 40.9. The van der Waals surface area contributed by atoms with Crippen LogP contribution in [-0.4, -0.2) is 65.8 Å².